The molecule has 0 aromatic rings. The lowest BCUT2D eigenvalue weighted by Gasteiger charge is -1.90. The van der Waals surface area contributed by atoms with E-state index in [1.165, 1.54) is 5.57 Å². The Hall–Kier alpha value is 0.260. The third-order valence-corrected chi connectivity index (χ3v) is 3.68. The SMILES string of the molecule is CC1=CP(=O)(Cl)CC1. The highest BCUT2D eigenvalue weighted by atomic mass is 35.7. The van der Waals surface area contributed by atoms with Gasteiger partial charge in [-0.25, -0.2) is 0 Å². The summed E-state index contributed by atoms with van der Waals surface area (Å²) in [6, 6.07) is 0. The smallest absolute Gasteiger partial charge is 0.190 e. The summed E-state index contributed by atoms with van der Waals surface area (Å²) in [5.41, 5.74) is 1.17. The molecule has 1 unspecified atom stereocenters. The molecule has 0 spiro atoms. The molecule has 1 rings (SSSR count). The van der Waals surface area contributed by atoms with Crippen LogP contribution in [0.3, 0.4) is 0 Å². The van der Waals surface area contributed by atoms with Gasteiger partial charge in [-0.3, -0.25) is 0 Å². The minimum Gasteiger partial charge on any atom is -0.302 e. The lowest BCUT2D eigenvalue weighted by atomic mass is 10.3. The van der Waals surface area contributed by atoms with E-state index in [2.05, 4.69) is 0 Å². The van der Waals surface area contributed by atoms with E-state index in [4.69, 9.17) is 11.2 Å². The third-order valence-electron chi connectivity index (χ3n) is 1.22. The van der Waals surface area contributed by atoms with Crippen LogP contribution in [0.25, 0.3) is 0 Å². The van der Waals surface area contributed by atoms with E-state index in [9.17, 15) is 4.57 Å². The zero-order chi connectivity index (χ0) is 6.20. The first kappa shape index (κ1) is 6.38. The van der Waals surface area contributed by atoms with Crippen molar-refractivity contribution in [3.63, 3.8) is 0 Å². The van der Waals surface area contributed by atoms with Gasteiger partial charge >= 0.3 is 0 Å². The van der Waals surface area contributed by atoms with Gasteiger partial charge in [0, 0.05) is 6.16 Å². The third kappa shape index (κ3) is 1.37. The van der Waals surface area contributed by atoms with Crippen molar-refractivity contribution in [2.45, 2.75) is 13.3 Å². The van der Waals surface area contributed by atoms with Gasteiger partial charge in [0.25, 0.3) is 0 Å². The first-order chi connectivity index (χ1) is 3.60. The molecule has 46 valence electrons. The maximum absolute atomic E-state index is 10.9. The lowest BCUT2D eigenvalue weighted by molar-refractivity contribution is 0.590. The van der Waals surface area contributed by atoms with E-state index in [1.807, 2.05) is 6.92 Å². The molecule has 0 fully saturated rings. The monoisotopic (exact) mass is 150 g/mol. The highest BCUT2D eigenvalue weighted by Gasteiger charge is 2.20. The van der Waals surface area contributed by atoms with Gasteiger partial charge in [0.1, 0.15) is 0 Å². The van der Waals surface area contributed by atoms with Crippen LogP contribution in [0.2, 0.25) is 0 Å². The molecule has 0 aromatic carbocycles. The summed E-state index contributed by atoms with van der Waals surface area (Å²) in [4.78, 5) is 0. The zero-order valence-electron chi connectivity index (χ0n) is 4.72. The molecule has 0 saturated heterocycles. The predicted molar refractivity (Wildman–Crippen MR) is 36.7 cm³/mol. The Morgan fingerprint density at radius 3 is 2.62 bits per heavy atom. The van der Waals surface area contributed by atoms with Crippen molar-refractivity contribution in [1.82, 2.24) is 0 Å². The lowest BCUT2D eigenvalue weighted by Crippen LogP contribution is -1.69. The molecule has 0 aromatic heterocycles. The average molecular weight is 151 g/mol. The van der Waals surface area contributed by atoms with E-state index in [0.29, 0.717) is 6.16 Å². The Balaban J connectivity index is 2.82. The summed E-state index contributed by atoms with van der Waals surface area (Å²) >= 11 is 5.54. The molecular formula is C5H8ClOP. The molecule has 1 atom stereocenters. The second-order valence-corrected chi connectivity index (χ2v) is 5.98. The largest absolute Gasteiger partial charge is 0.302 e. The Labute approximate surface area is 53.9 Å². The van der Waals surface area contributed by atoms with E-state index in [-0.39, 0.29) is 0 Å². The summed E-state index contributed by atoms with van der Waals surface area (Å²) < 4.78 is 10.9. The molecule has 1 nitrogen and oxygen atoms in total. The Morgan fingerprint density at radius 2 is 2.50 bits per heavy atom. The number of hydrogen-bond acceptors (Lipinski definition) is 1. The predicted octanol–water partition coefficient (Wildman–Crippen LogP) is 2.81. The molecule has 1 aliphatic heterocycles. The van der Waals surface area contributed by atoms with E-state index in [0.717, 1.165) is 6.42 Å². The molecule has 0 amide bonds. The van der Waals surface area contributed by atoms with Crippen LogP contribution in [-0.2, 0) is 4.57 Å². The minimum atomic E-state index is -2.29. The summed E-state index contributed by atoms with van der Waals surface area (Å²) in [7, 11) is 0. The molecule has 0 radical (unpaired) electrons. The van der Waals surface area contributed by atoms with E-state index < -0.39 is 6.49 Å². The fourth-order valence-electron chi connectivity index (χ4n) is 0.787. The van der Waals surface area contributed by atoms with Gasteiger partial charge in [-0.15, -0.1) is 0 Å². The molecule has 1 aliphatic rings. The maximum atomic E-state index is 10.9. The molecule has 1 heterocycles. The zero-order valence-corrected chi connectivity index (χ0v) is 6.38. The first-order valence-electron chi connectivity index (χ1n) is 2.57. The fourth-order valence-corrected chi connectivity index (χ4v) is 3.11. The van der Waals surface area contributed by atoms with Crippen molar-refractivity contribution in [1.29, 1.82) is 0 Å². The summed E-state index contributed by atoms with van der Waals surface area (Å²) in [6.07, 6.45) is 1.58. The van der Waals surface area contributed by atoms with Gasteiger partial charge < -0.3 is 4.57 Å². The summed E-state index contributed by atoms with van der Waals surface area (Å²) in [5.74, 6) is 1.70. The van der Waals surface area contributed by atoms with Crippen LogP contribution in [0.15, 0.2) is 11.4 Å². The average Bonchev–Trinajstić information content (AvgIpc) is 1.82. The van der Waals surface area contributed by atoms with E-state index in [1.54, 1.807) is 5.82 Å². The second kappa shape index (κ2) is 1.89. The number of halogens is 1. The fraction of sp³-hybridized carbons (Fsp3) is 0.600. The summed E-state index contributed by atoms with van der Waals surface area (Å²) in [5, 5.41) is 0. The van der Waals surface area contributed by atoms with Crippen LogP contribution in [0.5, 0.6) is 0 Å². The first-order valence-corrected chi connectivity index (χ1v) is 5.43. The van der Waals surface area contributed by atoms with Crippen molar-refractivity contribution in [3.05, 3.63) is 11.4 Å². The number of rotatable bonds is 0. The van der Waals surface area contributed by atoms with Crippen LogP contribution in [-0.4, -0.2) is 6.16 Å². The Kier molecular flexibility index (Phi) is 1.51. The van der Waals surface area contributed by atoms with E-state index >= 15 is 0 Å². The van der Waals surface area contributed by atoms with Crippen molar-refractivity contribution < 1.29 is 4.57 Å². The standard InChI is InChI=1S/C5H8ClOP/c1-5-2-3-8(6,7)4-5/h4H,2-3H2,1H3. The van der Waals surface area contributed by atoms with Crippen LogP contribution in [0.4, 0.5) is 0 Å². The molecule has 8 heavy (non-hydrogen) atoms. The number of hydrogen-bond donors (Lipinski definition) is 0. The van der Waals surface area contributed by atoms with Gasteiger partial charge in [0.2, 0.25) is 0 Å². The van der Waals surface area contributed by atoms with Gasteiger partial charge in [0.15, 0.2) is 6.49 Å². The highest BCUT2D eigenvalue weighted by molar-refractivity contribution is 7.91. The van der Waals surface area contributed by atoms with Gasteiger partial charge in [-0.2, -0.15) is 0 Å². The topological polar surface area (TPSA) is 17.1 Å². The van der Waals surface area contributed by atoms with Crippen molar-refractivity contribution >= 4 is 17.7 Å². The van der Waals surface area contributed by atoms with Crippen LogP contribution < -0.4 is 0 Å². The number of allylic oxidation sites excluding steroid dienone is 1. The maximum Gasteiger partial charge on any atom is 0.190 e. The minimum absolute atomic E-state index is 0.667. The van der Waals surface area contributed by atoms with Crippen molar-refractivity contribution in [2.24, 2.45) is 0 Å². The van der Waals surface area contributed by atoms with Crippen LogP contribution in [0, 0.1) is 0 Å². The van der Waals surface area contributed by atoms with Crippen LogP contribution in [0.1, 0.15) is 13.3 Å². The Morgan fingerprint density at radius 1 is 1.88 bits per heavy atom. The molecule has 0 saturated carbocycles. The van der Waals surface area contributed by atoms with Crippen LogP contribution >= 0.6 is 17.7 Å². The second-order valence-electron chi connectivity index (χ2n) is 2.15. The van der Waals surface area contributed by atoms with Gasteiger partial charge in [-0.1, -0.05) is 5.57 Å². The van der Waals surface area contributed by atoms with Crippen molar-refractivity contribution in [2.75, 3.05) is 6.16 Å². The Bertz CT molecular complexity index is 173. The van der Waals surface area contributed by atoms with Crippen molar-refractivity contribution in [3.8, 4) is 0 Å². The molecule has 3 heteroatoms. The quantitative estimate of drug-likeness (QED) is 0.486. The molecule has 0 bridgehead atoms. The normalized spacial score (nSPS) is 37.5. The highest BCUT2D eigenvalue weighted by Crippen LogP contribution is 2.58. The van der Waals surface area contributed by atoms with Gasteiger partial charge in [-0.05, 0) is 30.4 Å². The molecule has 0 aliphatic carbocycles. The summed E-state index contributed by atoms with van der Waals surface area (Å²) in [6.45, 7) is -0.329. The molecular weight excluding hydrogens is 142 g/mol. The molecule has 0 N–H and O–H groups in total. The van der Waals surface area contributed by atoms with Gasteiger partial charge in [0.05, 0.1) is 0 Å².